The number of aryl methyl sites for hydroxylation is 1. The van der Waals surface area contributed by atoms with E-state index in [1.807, 2.05) is 20.8 Å². The molecule has 0 saturated heterocycles. The molecule has 11 heavy (non-hydrogen) atoms. The summed E-state index contributed by atoms with van der Waals surface area (Å²) in [6.07, 6.45) is 1.69. The lowest BCUT2D eigenvalue weighted by atomic mass is 10.1. The first-order chi connectivity index (χ1) is 5.11. The predicted molar refractivity (Wildman–Crippen MR) is 43.0 cm³/mol. The Bertz CT molecular complexity index is 256. The first-order valence-corrected chi connectivity index (χ1v) is 3.73. The van der Waals surface area contributed by atoms with E-state index in [2.05, 4.69) is 4.98 Å². The van der Waals surface area contributed by atoms with Gasteiger partial charge in [0.15, 0.2) is 0 Å². The van der Waals surface area contributed by atoms with Gasteiger partial charge in [-0.05, 0) is 24.5 Å². The molecule has 1 aromatic heterocycles. The van der Waals surface area contributed by atoms with Crippen molar-refractivity contribution in [3.63, 3.8) is 0 Å². The zero-order chi connectivity index (χ0) is 8.43. The van der Waals surface area contributed by atoms with E-state index in [-0.39, 0.29) is 11.7 Å². The maximum Gasteiger partial charge on any atom is 0.145 e. The van der Waals surface area contributed by atoms with Crippen molar-refractivity contribution < 1.29 is 4.39 Å². The van der Waals surface area contributed by atoms with E-state index >= 15 is 0 Å². The Balaban J connectivity index is 3.09. The van der Waals surface area contributed by atoms with Crippen LogP contribution in [-0.2, 0) is 0 Å². The van der Waals surface area contributed by atoms with Gasteiger partial charge in [0.1, 0.15) is 5.82 Å². The lowest BCUT2D eigenvalue weighted by molar-refractivity contribution is 0.583. The molecule has 60 valence electrons. The SMILES string of the molecule is Cc1cnc(C(C)C)c(F)c1. The van der Waals surface area contributed by atoms with Gasteiger partial charge in [-0.3, -0.25) is 4.98 Å². The minimum absolute atomic E-state index is 0.163. The van der Waals surface area contributed by atoms with Crippen molar-refractivity contribution in [3.05, 3.63) is 29.3 Å². The lowest BCUT2D eigenvalue weighted by Gasteiger charge is -2.05. The highest BCUT2D eigenvalue weighted by Crippen LogP contribution is 2.15. The molecule has 0 aliphatic rings. The van der Waals surface area contributed by atoms with Crippen molar-refractivity contribution >= 4 is 0 Å². The van der Waals surface area contributed by atoms with Crippen LogP contribution in [0.2, 0.25) is 0 Å². The van der Waals surface area contributed by atoms with Crippen LogP contribution < -0.4 is 0 Å². The Morgan fingerprint density at radius 2 is 2.09 bits per heavy atom. The molecule has 0 saturated carbocycles. The molecule has 0 N–H and O–H groups in total. The fourth-order valence-electron chi connectivity index (χ4n) is 0.969. The molecule has 0 aromatic carbocycles. The Kier molecular flexibility index (Phi) is 2.22. The molecule has 1 heterocycles. The van der Waals surface area contributed by atoms with E-state index in [0.29, 0.717) is 5.69 Å². The third-order valence-corrected chi connectivity index (χ3v) is 1.55. The summed E-state index contributed by atoms with van der Waals surface area (Å²) >= 11 is 0. The zero-order valence-electron chi connectivity index (χ0n) is 7.06. The minimum atomic E-state index is -0.194. The van der Waals surface area contributed by atoms with Crippen molar-refractivity contribution in [1.29, 1.82) is 0 Å². The van der Waals surface area contributed by atoms with Crippen LogP contribution in [0.4, 0.5) is 4.39 Å². The number of hydrogen-bond donors (Lipinski definition) is 0. The third kappa shape index (κ3) is 1.76. The van der Waals surface area contributed by atoms with Gasteiger partial charge in [0, 0.05) is 6.20 Å². The predicted octanol–water partition coefficient (Wildman–Crippen LogP) is 2.65. The molecule has 0 radical (unpaired) electrons. The lowest BCUT2D eigenvalue weighted by Crippen LogP contribution is -1.97. The van der Waals surface area contributed by atoms with Crippen LogP contribution in [0.3, 0.4) is 0 Å². The third-order valence-electron chi connectivity index (χ3n) is 1.55. The maximum atomic E-state index is 13.0. The average Bonchev–Trinajstić information content (AvgIpc) is 1.85. The summed E-state index contributed by atoms with van der Waals surface area (Å²) < 4.78 is 13.0. The van der Waals surface area contributed by atoms with Crippen LogP contribution in [-0.4, -0.2) is 4.98 Å². The molecule has 0 unspecified atom stereocenters. The van der Waals surface area contributed by atoms with Crippen molar-refractivity contribution in [3.8, 4) is 0 Å². The summed E-state index contributed by atoms with van der Waals surface area (Å²) in [5, 5.41) is 0. The normalized spacial score (nSPS) is 10.6. The molecule has 2 heteroatoms. The Hall–Kier alpha value is -0.920. The topological polar surface area (TPSA) is 12.9 Å². The van der Waals surface area contributed by atoms with E-state index in [9.17, 15) is 4.39 Å². The number of pyridine rings is 1. The van der Waals surface area contributed by atoms with Gasteiger partial charge in [-0.15, -0.1) is 0 Å². The molecule has 0 spiro atoms. The standard InChI is InChI=1S/C9H12FN/c1-6(2)9-8(10)4-7(3)5-11-9/h4-6H,1-3H3. The summed E-state index contributed by atoms with van der Waals surface area (Å²) in [5.74, 6) is -0.0319. The molecule has 0 aliphatic heterocycles. The summed E-state index contributed by atoms with van der Waals surface area (Å²) in [4.78, 5) is 4.00. The van der Waals surface area contributed by atoms with Gasteiger partial charge in [0.2, 0.25) is 0 Å². The largest absolute Gasteiger partial charge is 0.258 e. The number of nitrogens with zero attached hydrogens (tertiary/aromatic N) is 1. The summed E-state index contributed by atoms with van der Waals surface area (Å²) in [6.45, 7) is 5.70. The van der Waals surface area contributed by atoms with E-state index in [1.165, 1.54) is 6.07 Å². The quantitative estimate of drug-likeness (QED) is 0.604. The highest BCUT2D eigenvalue weighted by molar-refractivity contribution is 5.16. The van der Waals surface area contributed by atoms with E-state index in [0.717, 1.165) is 5.56 Å². The monoisotopic (exact) mass is 153 g/mol. The van der Waals surface area contributed by atoms with Crippen LogP contribution in [0.5, 0.6) is 0 Å². The smallest absolute Gasteiger partial charge is 0.145 e. The number of rotatable bonds is 1. The fraction of sp³-hybridized carbons (Fsp3) is 0.444. The van der Waals surface area contributed by atoms with Gasteiger partial charge in [-0.1, -0.05) is 13.8 Å². The summed E-state index contributed by atoms with van der Waals surface area (Å²) in [5.41, 5.74) is 1.42. The Labute approximate surface area is 66.3 Å². The molecule has 0 atom stereocenters. The Morgan fingerprint density at radius 1 is 1.45 bits per heavy atom. The van der Waals surface area contributed by atoms with Crippen LogP contribution in [0.15, 0.2) is 12.3 Å². The van der Waals surface area contributed by atoms with Crippen LogP contribution in [0.25, 0.3) is 0 Å². The molecule has 1 rings (SSSR count). The molecule has 0 aliphatic carbocycles. The van der Waals surface area contributed by atoms with E-state index in [4.69, 9.17) is 0 Å². The molecule has 0 amide bonds. The van der Waals surface area contributed by atoms with Crippen molar-refractivity contribution in [2.45, 2.75) is 26.7 Å². The van der Waals surface area contributed by atoms with Gasteiger partial charge in [0.05, 0.1) is 5.69 Å². The van der Waals surface area contributed by atoms with E-state index in [1.54, 1.807) is 6.20 Å². The highest BCUT2D eigenvalue weighted by Gasteiger charge is 2.06. The number of hydrogen-bond acceptors (Lipinski definition) is 1. The van der Waals surface area contributed by atoms with Gasteiger partial charge in [-0.2, -0.15) is 0 Å². The number of aromatic nitrogens is 1. The minimum Gasteiger partial charge on any atom is -0.258 e. The van der Waals surface area contributed by atoms with Gasteiger partial charge >= 0.3 is 0 Å². The van der Waals surface area contributed by atoms with Gasteiger partial charge in [-0.25, -0.2) is 4.39 Å². The second-order valence-corrected chi connectivity index (χ2v) is 3.03. The van der Waals surface area contributed by atoms with Crippen LogP contribution in [0, 0.1) is 12.7 Å². The van der Waals surface area contributed by atoms with Crippen molar-refractivity contribution in [1.82, 2.24) is 4.98 Å². The molecule has 1 nitrogen and oxygen atoms in total. The second-order valence-electron chi connectivity index (χ2n) is 3.03. The first-order valence-electron chi connectivity index (χ1n) is 3.73. The molecule has 0 bridgehead atoms. The van der Waals surface area contributed by atoms with Crippen molar-refractivity contribution in [2.75, 3.05) is 0 Å². The second kappa shape index (κ2) is 2.99. The Morgan fingerprint density at radius 3 is 2.55 bits per heavy atom. The zero-order valence-corrected chi connectivity index (χ0v) is 7.06. The number of halogens is 1. The van der Waals surface area contributed by atoms with E-state index < -0.39 is 0 Å². The van der Waals surface area contributed by atoms with Crippen LogP contribution in [0.1, 0.15) is 31.0 Å². The molecular formula is C9H12FN. The molecular weight excluding hydrogens is 141 g/mol. The average molecular weight is 153 g/mol. The molecule has 1 aromatic rings. The maximum absolute atomic E-state index is 13.0. The summed E-state index contributed by atoms with van der Waals surface area (Å²) in [6, 6.07) is 1.52. The first kappa shape index (κ1) is 8.18. The van der Waals surface area contributed by atoms with Crippen LogP contribution >= 0.6 is 0 Å². The van der Waals surface area contributed by atoms with Gasteiger partial charge < -0.3 is 0 Å². The summed E-state index contributed by atoms with van der Waals surface area (Å²) in [7, 11) is 0. The highest BCUT2D eigenvalue weighted by atomic mass is 19.1. The van der Waals surface area contributed by atoms with Gasteiger partial charge in [0.25, 0.3) is 0 Å². The fourth-order valence-corrected chi connectivity index (χ4v) is 0.969. The molecule has 0 fully saturated rings. The van der Waals surface area contributed by atoms with Crippen molar-refractivity contribution in [2.24, 2.45) is 0 Å².